The monoisotopic (exact) mass is 351 g/mol. The van der Waals surface area contributed by atoms with Gasteiger partial charge in [0.05, 0.1) is 0 Å². The van der Waals surface area contributed by atoms with E-state index >= 15 is 0 Å². The first-order chi connectivity index (χ1) is 12.6. The summed E-state index contributed by atoms with van der Waals surface area (Å²) in [5.74, 6) is 0.643. The second kappa shape index (κ2) is 7.03. The number of fused-ring (bicyclic) bond motifs is 1. The number of anilines is 2. The van der Waals surface area contributed by atoms with E-state index in [1.54, 1.807) is 6.07 Å². The number of rotatable bonds is 2. The van der Waals surface area contributed by atoms with Gasteiger partial charge in [-0.25, -0.2) is 9.97 Å². The van der Waals surface area contributed by atoms with Gasteiger partial charge >= 0.3 is 0 Å². The standard InChI is InChI=1S/C20H25N5O/c1-15-14-17(19(26)24-12-10-23(2)11-13-24)22-20(21-15)25-9-5-7-16-6-3-4-8-18(16)25/h3-4,6,8,14H,5,7,9-13H2,1-2H3. The Labute approximate surface area is 154 Å². The summed E-state index contributed by atoms with van der Waals surface area (Å²) in [6, 6.07) is 10.2. The van der Waals surface area contributed by atoms with Crippen molar-refractivity contribution in [1.82, 2.24) is 19.8 Å². The van der Waals surface area contributed by atoms with Crippen molar-refractivity contribution in [2.24, 2.45) is 0 Å². The summed E-state index contributed by atoms with van der Waals surface area (Å²) in [6.07, 6.45) is 2.14. The van der Waals surface area contributed by atoms with E-state index in [1.807, 2.05) is 17.9 Å². The third-order valence-corrected chi connectivity index (χ3v) is 5.20. The highest BCUT2D eigenvalue weighted by molar-refractivity contribution is 5.93. The number of carbonyl (C=O) groups excluding carboxylic acids is 1. The molecule has 26 heavy (non-hydrogen) atoms. The van der Waals surface area contributed by atoms with Gasteiger partial charge in [0.15, 0.2) is 0 Å². The first-order valence-electron chi connectivity index (χ1n) is 9.31. The maximum atomic E-state index is 12.9. The SMILES string of the molecule is Cc1cc(C(=O)N2CCN(C)CC2)nc(N2CCCc3ccccc32)n1. The van der Waals surface area contributed by atoms with Crippen LogP contribution in [-0.2, 0) is 6.42 Å². The smallest absolute Gasteiger partial charge is 0.272 e. The van der Waals surface area contributed by atoms with Crippen LogP contribution in [0.1, 0.15) is 28.2 Å². The van der Waals surface area contributed by atoms with Crippen LogP contribution in [0, 0.1) is 6.92 Å². The van der Waals surface area contributed by atoms with E-state index in [2.05, 4.69) is 45.0 Å². The van der Waals surface area contributed by atoms with Crippen LogP contribution in [0.15, 0.2) is 30.3 Å². The van der Waals surface area contributed by atoms with Gasteiger partial charge < -0.3 is 14.7 Å². The summed E-state index contributed by atoms with van der Waals surface area (Å²) in [7, 11) is 2.09. The Morgan fingerprint density at radius 2 is 1.81 bits per heavy atom. The molecular formula is C20H25N5O. The molecule has 2 aliphatic rings. The van der Waals surface area contributed by atoms with Gasteiger partial charge in [0, 0.05) is 44.1 Å². The van der Waals surface area contributed by atoms with Crippen molar-refractivity contribution in [3.8, 4) is 0 Å². The number of carbonyl (C=O) groups is 1. The van der Waals surface area contributed by atoms with Crippen molar-refractivity contribution in [2.75, 3.05) is 44.7 Å². The van der Waals surface area contributed by atoms with E-state index in [0.29, 0.717) is 11.6 Å². The Morgan fingerprint density at radius 1 is 1.04 bits per heavy atom. The number of likely N-dealkylation sites (N-methyl/N-ethyl adjacent to an activating group) is 1. The summed E-state index contributed by atoms with van der Waals surface area (Å²) in [5.41, 5.74) is 3.80. The Kier molecular flexibility index (Phi) is 4.59. The molecule has 1 amide bonds. The Balaban J connectivity index is 1.64. The van der Waals surface area contributed by atoms with Crippen LogP contribution >= 0.6 is 0 Å². The molecule has 6 heteroatoms. The number of para-hydroxylation sites is 1. The fourth-order valence-electron chi connectivity index (χ4n) is 3.70. The Hall–Kier alpha value is -2.47. The molecular weight excluding hydrogens is 326 g/mol. The lowest BCUT2D eigenvalue weighted by Gasteiger charge is -2.33. The molecule has 2 aromatic rings. The highest BCUT2D eigenvalue weighted by Crippen LogP contribution is 2.31. The van der Waals surface area contributed by atoms with Crippen LogP contribution in [0.5, 0.6) is 0 Å². The lowest BCUT2D eigenvalue weighted by Crippen LogP contribution is -2.47. The molecule has 2 aliphatic heterocycles. The summed E-state index contributed by atoms with van der Waals surface area (Å²) in [6.45, 7) is 6.12. The molecule has 136 valence electrons. The van der Waals surface area contributed by atoms with Crippen LogP contribution in [0.2, 0.25) is 0 Å². The van der Waals surface area contributed by atoms with Crippen molar-refractivity contribution in [3.05, 3.63) is 47.3 Å². The van der Waals surface area contributed by atoms with Gasteiger partial charge in [0.2, 0.25) is 5.95 Å². The van der Waals surface area contributed by atoms with Crippen LogP contribution in [0.4, 0.5) is 11.6 Å². The first kappa shape index (κ1) is 17.0. The summed E-state index contributed by atoms with van der Waals surface area (Å²) in [5, 5.41) is 0. The lowest BCUT2D eigenvalue weighted by atomic mass is 10.0. The molecule has 0 radical (unpaired) electrons. The van der Waals surface area contributed by atoms with Crippen molar-refractivity contribution in [3.63, 3.8) is 0 Å². The van der Waals surface area contributed by atoms with Gasteiger partial charge in [0.25, 0.3) is 5.91 Å². The van der Waals surface area contributed by atoms with Gasteiger partial charge in [-0.15, -0.1) is 0 Å². The molecule has 0 aliphatic carbocycles. The molecule has 6 nitrogen and oxygen atoms in total. The third kappa shape index (κ3) is 3.29. The summed E-state index contributed by atoms with van der Waals surface area (Å²) >= 11 is 0. The second-order valence-electron chi connectivity index (χ2n) is 7.17. The van der Waals surface area contributed by atoms with Gasteiger partial charge in [0.1, 0.15) is 5.69 Å². The zero-order valence-electron chi connectivity index (χ0n) is 15.5. The molecule has 0 spiro atoms. The minimum Gasteiger partial charge on any atom is -0.335 e. The van der Waals surface area contributed by atoms with Crippen LogP contribution in [-0.4, -0.2) is 65.4 Å². The number of benzene rings is 1. The number of amides is 1. The predicted molar refractivity (Wildman–Crippen MR) is 102 cm³/mol. The van der Waals surface area contributed by atoms with E-state index in [-0.39, 0.29) is 5.91 Å². The molecule has 1 saturated heterocycles. The molecule has 0 unspecified atom stereocenters. The number of aromatic nitrogens is 2. The fraction of sp³-hybridized carbons (Fsp3) is 0.450. The van der Waals surface area contributed by atoms with Crippen molar-refractivity contribution in [1.29, 1.82) is 0 Å². The maximum absolute atomic E-state index is 12.9. The van der Waals surface area contributed by atoms with Crippen LogP contribution in [0.25, 0.3) is 0 Å². The van der Waals surface area contributed by atoms with Gasteiger partial charge in [-0.3, -0.25) is 4.79 Å². The molecule has 0 atom stereocenters. The molecule has 1 aromatic heterocycles. The second-order valence-corrected chi connectivity index (χ2v) is 7.17. The Morgan fingerprint density at radius 3 is 2.62 bits per heavy atom. The normalized spacial score (nSPS) is 17.9. The zero-order valence-corrected chi connectivity index (χ0v) is 15.5. The predicted octanol–water partition coefficient (Wildman–Crippen LogP) is 2.26. The van der Waals surface area contributed by atoms with E-state index in [1.165, 1.54) is 5.56 Å². The van der Waals surface area contributed by atoms with Crippen molar-refractivity contribution < 1.29 is 4.79 Å². The van der Waals surface area contributed by atoms with Crippen molar-refractivity contribution in [2.45, 2.75) is 19.8 Å². The van der Waals surface area contributed by atoms with Gasteiger partial charge in [-0.05, 0) is 44.5 Å². The van der Waals surface area contributed by atoms with Crippen LogP contribution < -0.4 is 4.90 Å². The first-order valence-corrected chi connectivity index (χ1v) is 9.31. The number of piperazine rings is 1. The van der Waals surface area contributed by atoms with E-state index < -0.39 is 0 Å². The summed E-state index contributed by atoms with van der Waals surface area (Å²) < 4.78 is 0. The molecule has 0 bridgehead atoms. The topological polar surface area (TPSA) is 52.6 Å². The fourth-order valence-corrected chi connectivity index (χ4v) is 3.70. The highest BCUT2D eigenvalue weighted by Gasteiger charge is 2.25. The lowest BCUT2D eigenvalue weighted by molar-refractivity contribution is 0.0658. The molecule has 4 rings (SSSR count). The molecule has 1 fully saturated rings. The number of nitrogens with zero attached hydrogens (tertiary/aromatic N) is 5. The maximum Gasteiger partial charge on any atom is 0.272 e. The van der Waals surface area contributed by atoms with Crippen molar-refractivity contribution >= 4 is 17.5 Å². The number of hydrogen-bond donors (Lipinski definition) is 0. The quantitative estimate of drug-likeness (QED) is 0.831. The average Bonchev–Trinajstić information content (AvgIpc) is 2.67. The third-order valence-electron chi connectivity index (χ3n) is 5.20. The molecule has 1 aromatic carbocycles. The number of hydrogen-bond acceptors (Lipinski definition) is 5. The zero-order chi connectivity index (χ0) is 18.1. The molecule has 3 heterocycles. The molecule has 0 saturated carbocycles. The Bertz CT molecular complexity index is 814. The van der Waals surface area contributed by atoms with Gasteiger partial charge in [-0.1, -0.05) is 18.2 Å². The van der Waals surface area contributed by atoms with Gasteiger partial charge in [-0.2, -0.15) is 0 Å². The molecule has 0 N–H and O–H groups in total. The van der Waals surface area contributed by atoms with Crippen LogP contribution in [0.3, 0.4) is 0 Å². The highest BCUT2D eigenvalue weighted by atomic mass is 16.2. The van der Waals surface area contributed by atoms with E-state index in [9.17, 15) is 4.79 Å². The minimum atomic E-state index is 0.00939. The minimum absolute atomic E-state index is 0.00939. The van der Waals surface area contributed by atoms with E-state index in [4.69, 9.17) is 0 Å². The number of aryl methyl sites for hydroxylation is 2. The average molecular weight is 351 g/mol. The largest absolute Gasteiger partial charge is 0.335 e. The van der Waals surface area contributed by atoms with E-state index in [0.717, 1.165) is 56.9 Å². The summed E-state index contributed by atoms with van der Waals surface area (Å²) in [4.78, 5) is 28.5.